The predicted molar refractivity (Wildman–Crippen MR) is 35.8 cm³/mol. The topological polar surface area (TPSA) is 181 Å². The minimum absolute atomic E-state index is 0. The van der Waals surface area contributed by atoms with E-state index in [2.05, 4.69) is 0 Å². The Bertz CT molecular complexity index is 123. The van der Waals surface area contributed by atoms with Gasteiger partial charge in [-0.15, -0.1) is 0 Å². The zero-order valence-corrected chi connectivity index (χ0v) is 11.9. The average molecular weight is 323 g/mol. The van der Waals surface area contributed by atoms with Gasteiger partial charge in [0, 0.05) is 0 Å². The van der Waals surface area contributed by atoms with Crippen molar-refractivity contribution in [1.29, 1.82) is 0 Å². The van der Waals surface area contributed by atoms with E-state index < -0.39 is 34.1 Å². The molecule has 0 saturated carbocycles. The molecule has 0 aromatic carbocycles. The molecule has 0 fully saturated rings. The summed E-state index contributed by atoms with van der Waals surface area (Å²) in [5.41, 5.74) is 0. The molecule has 0 aliphatic rings. The molecule has 85 valence electrons. The summed E-state index contributed by atoms with van der Waals surface area (Å²) < 4.78 is 72.2. The average Bonchev–Trinajstić information content (AvgIpc) is 1.54. The second-order valence-corrected chi connectivity index (χ2v) is 1.95. The van der Waals surface area contributed by atoms with E-state index in [1.54, 1.807) is 0 Å². The van der Waals surface area contributed by atoms with E-state index in [1.165, 1.54) is 0 Å². The standard InChI is InChI=1S/Fe.Na.3H2O3S.H/c;;3*1-4(2)3;/h;;3*(H2,1,2,3);/q+3;+1;;;;-1/p-3. The van der Waals surface area contributed by atoms with E-state index in [0.717, 1.165) is 0 Å². The van der Waals surface area contributed by atoms with Crippen molar-refractivity contribution in [3.63, 3.8) is 0 Å². The van der Waals surface area contributed by atoms with Crippen molar-refractivity contribution in [3.8, 4) is 0 Å². The fourth-order valence-electron chi connectivity index (χ4n) is 0. The Morgan fingerprint density at radius 1 is 0.786 bits per heavy atom. The van der Waals surface area contributed by atoms with Crippen molar-refractivity contribution in [2.45, 2.75) is 0 Å². The van der Waals surface area contributed by atoms with E-state index in [9.17, 15) is 0 Å². The first-order chi connectivity index (χ1) is 5.20. The predicted octanol–water partition coefficient (Wildman–Crippen LogP) is -4.87. The maximum Gasteiger partial charge on any atom is 3.00 e. The molecular weight excluding hydrogens is 319 g/mol. The van der Waals surface area contributed by atoms with E-state index in [0.29, 0.717) is 0 Å². The molecule has 0 rings (SSSR count). The van der Waals surface area contributed by atoms with Crippen LogP contribution in [0.25, 0.3) is 0 Å². The number of hydrogen-bond acceptors (Lipinski definition) is 6. The van der Waals surface area contributed by atoms with Crippen LogP contribution in [-0.2, 0) is 51.2 Å². The molecule has 0 aliphatic heterocycles. The monoisotopic (exact) mass is 323 g/mol. The Hall–Kier alpha value is 1.73. The molecule has 3 N–H and O–H groups in total. The van der Waals surface area contributed by atoms with Gasteiger partial charge in [-0.2, -0.15) is 0 Å². The molecule has 0 heterocycles. The molecule has 0 bridgehead atoms. The fourth-order valence-corrected chi connectivity index (χ4v) is 0. The van der Waals surface area contributed by atoms with Gasteiger partial charge in [-0.05, 0) is 0 Å². The molecule has 3 atom stereocenters. The van der Waals surface area contributed by atoms with Gasteiger partial charge in [0.2, 0.25) is 0 Å². The van der Waals surface area contributed by atoms with Gasteiger partial charge in [-0.3, -0.25) is 0 Å². The van der Waals surface area contributed by atoms with Crippen LogP contribution in [0.2, 0.25) is 0 Å². The molecule has 14 heteroatoms. The minimum atomic E-state index is -2.86. The second kappa shape index (κ2) is 24.1. The van der Waals surface area contributed by atoms with Crippen molar-refractivity contribution < 1.29 is 88.0 Å². The third kappa shape index (κ3) is 744. The number of rotatable bonds is 0. The maximum absolute atomic E-state index is 8.56. The van der Waals surface area contributed by atoms with E-state index in [1.807, 2.05) is 0 Å². The van der Waals surface area contributed by atoms with Gasteiger partial charge in [0.05, 0.1) is 34.1 Å². The largest absolute Gasteiger partial charge is 3.00 e. The normalized spacial score (nSPS) is 13.3. The molecule has 0 saturated heterocycles. The van der Waals surface area contributed by atoms with Crippen molar-refractivity contribution in [2.75, 3.05) is 0 Å². The molecule has 0 spiro atoms. The van der Waals surface area contributed by atoms with Gasteiger partial charge in [0.1, 0.15) is 0 Å². The first kappa shape index (κ1) is 29.6. The van der Waals surface area contributed by atoms with Crippen molar-refractivity contribution in [1.82, 2.24) is 0 Å². The Morgan fingerprint density at radius 3 is 0.786 bits per heavy atom. The summed E-state index contributed by atoms with van der Waals surface area (Å²) in [6.45, 7) is 0. The van der Waals surface area contributed by atoms with Crippen LogP contribution >= 0.6 is 0 Å². The Morgan fingerprint density at radius 2 is 0.786 bits per heavy atom. The van der Waals surface area contributed by atoms with Gasteiger partial charge in [-0.25, -0.2) is 12.6 Å². The zero-order valence-electron chi connectivity index (χ0n) is 7.37. The van der Waals surface area contributed by atoms with Crippen LogP contribution in [0.1, 0.15) is 1.43 Å². The molecular formula is H4FeNaO9S3. The molecule has 0 aromatic rings. The molecule has 0 aliphatic carbocycles. The number of hydrogen-bond donors (Lipinski definition) is 3. The quantitative estimate of drug-likeness (QED) is 0.291. The maximum atomic E-state index is 8.56. The van der Waals surface area contributed by atoms with Gasteiger partial charge >= 0.3 is 46.6 Å². The molecule has 0 aromatic heterocycles. The summed E-state index contributed by atoms with van der Waals surface area (Å²) in [4.78, 5) is 0. The molecule has 14 heavy (non-hydrogen) atoms. The minimum Gasteiger partial charge on any atom is -1.00 e. The van der Waals surface area contributed by atoms with Crippen molar-refractivity contribution in [2.24, 2.45) is 0 Å². The van der Waals surface area contributed by atoms with Crippen LogP contribution in [-0.4, -0.2) is 39.9 Å². The van der Waals surface area contributed by atoms with Crippen LogP contribution < -0.4 is 29.6 Å². The van der Waals surface area contributed by atoms with Crippen LogP contribution in [0.15, 0.2) is 0 Å². The Balaban J connectivity index is -0.0000000184. The summed E-state index contributed by atoms with van der Waals surface area (Å²) >= 11 is -8.58. The SMILES string of the molecule is O=S([O-])O.O=S([O-])O.O=S([O-])O.[Fe+3].[H-].[Na+]. The molecule has 9 nitrogen and oxygen atoms in total. The van der Waals surface area contributed by atoms with Crippen LogP contribution in [0.3, 0.4) is 0 Å². The fraction of sp³-hybridized carbons (Fsp3) is 0. The van der Waals surface area contributed by atoms with Crippen molar-refractivity contribution >= 4 is 34.1 Å². The van der Waals surface area contributed by atoms with E-state index in [-0.39, 0.29) is 48.1 Å². The molecule has 3 unspecified atom stereocenters. The summed E-state index contributed by atoms with van der Waals surface area (Å²) in [7, 11) is 0. The van der Waals surface area contributed by atoms with Crippen LogP contribution in [0.4, 0.5) is 0 Å². The summed E-state index contributed by atoms with van der Waals surface area (Å²) in [6.07, 6.45) is 0. The first-order valence-electron chi connectivity index (χ1n) is 1.55. The van der Waals surface area contributed by atoms with Crippen molar-refractivity contribution in [3.05, 3.63) is 0 Å². The van der Waals surface area contributed by atoms with E-state index in [4.69, 9.17) is 39.9 Å². The third-order valence-electron chi connectivity index (χ3n) is 0. The summed E-state index contributed by atoms with van der Waals surface area (Å²) in [6, 6.07) is 0. The van der Waals surface area contributed by atoms with Gasteiger partial charge in [0.25, 0.3) is 0 Å². The first-order valence-corrected chi connectivity index (χ1v) is 4.64. The van der Waals surface area contributed by atoms with Gasteiger partial charge in [-0.1, -0.05) is 0 Å². The summed E-state index contributed by atoms with van der Waals surface area (Å²) in [5.74, 6) is 0. The second-order valence-electron chi connectivity index (χ2n) is 0.651. The molecule has 0 amide bonds. The van der Waals surface area contributed by atoms with Gasteiger partial charge in [0.15, 0.2) is 0 Å². The Kier molecular flexibility index (Phi) is 51.1. The third-order valence-corrected chi connectivity index (χ3v) is 0. The zero-order chi connectivity index (χ0) is 10.7. The molecule has 1 radical (unpaired) electrons. The van der Waals surface area contributed by atoms with Gasteiger partial charge < -0.3 is 28.7 Å². The summed E-state index contributed by atoms with van der Waals surface area (Å²) in [5, 5.41) is 0. The van der Waals surface area contributed by atoms with Crippen LogP contribution in [0.5, 0.6) is 0 Å². The smallest absolute Gasteiger partial charge is 1.00 e. The van der Waals surface area contributed by atoms with E-state index >= 15 is 0 Å². The Labute approximate surface area is 121 Å². The van der Waals surface area contributed by atoms with Crippen LogP contribution in [0, 0.1) is 0 Å².